The number of ether oxygens (including phenoxy) is 3. The number of carbonyl (C=O) groups excluding carboxylic acids is 3. The van der Waals surface area contributed by atoms with Gasteiger partial charge in [-0.1, -0.05) is 34.1 Å². The smallest absolute Gasteiger partial charge is 0.408 e. The fourth-order valence-electron chi connectivity index (χ4n) is 7.00. The molecule has 0 spiro atoms. The van der Waals surface area contributed by atoms with Crippen LogP contribution in [-0.4, -0.2) is 76.5 Å². The first-order valence-corrected chi connectivity index (χ1v) is 15.3. The first kappa shape index (κ1) is 30.5. The lowest BCUT2D eigenvalue weighted by molar-refractivity contribution is -0.139. The number of halogens is 2. The molecule has 2 aromatic rings. The molecular formula is C32H40F2N4O6. The number of amides is 2. The topological polar surface area (TPSA) is 120 Å². The molecule has 6 rings (SSSR count). The van der Waals surface area contributed by atoms with Crippen LogP contribution in [0, 0.1) is 23.2 Å². The van der Waals surface area contributed by atoms with Crippen molar-refractivity contribution in [3.8, 4) is 11.6 Å². The number of benzene rings is 1. The predicted molar refractivity (Wildman–Crippen MR) is 156 cm³/mol. The fourth-order valence-corrected chi connectivity index (χ4v) is 7.00. The van der Waals surface area contributed by atoms with Crippen molar-refractivity contribution >= 4 is 29.3 Å². The second-order valence-corrected chi connectivity index (χ2v) is 14.1. The zero-order chi connectivity index (χ0) is 31.8. The van der Waals surface area contributed by atoms with Crippen molar-refractivity contribution in [2.75, 3.05) is 13.7 Å². The monoisotopic (exact) mass is 614 g/mol. The molecule has 2 aliphatic carbocycles. The van der Waals surface area contributed by atoms with E-state index in [1.54, 1.807) is 25.1 Å². The van der Waals surface area contributed by atoms with Gasteiger partial charge >= 0.3 is 6.09 Å². The molecule has 3 fully saturated rings. The summed E-state index contributed by atoms with van der Waals surface area (Å²) in [6, 6.07) is 3.18. The highest BCUT2D eigenvalue weighted by atomic mass is 19.3. The molecule has 1 aromatic heterocycles. The van der Waals surface area contributed by atoms with Crippen LogP contribution in [0.15, 0.2) is 18.2 Å². The summed E-state index contributed by atoms with van der Waals surface area (Å²) in [5.41, 5.74) is -0.498. The number of hydrogen-bond donors (Lipinski definition) is 1. The molecule has 2 bridgehead atoms. The van der Waals surface area contributed by atoms with Gasteiger partial charge in [0.05, 0.1) is 36.6 Å². The van der Waals surface area contributed by atoms with Crippen LogP contribution in [0.25, 0.3) is 11.0 Å². The van der Waals surface area contributed by atoms with E-state index in [4.69, 9.17) is 14.2 Å². The highest BCUT2D eigenvalue weighted by molar-refractivity contribution is 5.89. The van der Waals surface area contributed by atoms with E-state index < -0.39 is 64.9 Å². The number of nitrogens with one attached hydrogen (secondary N) is 1. The Balaban J connectivity index is 1.41. The molecule has 2 unspecified atom stereocenters. The lowest BCUT2D eigenvalue weighted by Gasteiger charge is -2.34. The summed E-state index contributed by atoms with van der Waals surface area (Å²) in [6.45, 7) is 9.07. The molecule has 12 heteroatoms. The van der Waals surface area contributed by atoms with Gasteiger partial charge in [0.25, 0.3) is 5.92 Å². The zero-order valence-corrected chi connectivity index (χ0v) is 25.9. The first-order chi connectivity index (χ1) is 20.7. The van der Waals surface area contributed by atoms with Gasteiger partial charge in [0.1, 0.15) is 35.5 Å². The number of methoxy groups -OCH3 is 1. The predicted octanol–water partition coefficient (Wildman–Crippen LogP) is 4.88. The molecule has 8 atom stereocenters. The normalized spacial score (nSPS) is 35.1. The highest BCUT2D eigenvalue weighted by Gasteiger charge is 2.70. The van der Waals surface area contributed by atoms with Gasteiger partial charge < -0.3 is 29.2 Å². The van der Waals surface area contributed by atoms with Gasteiger partial charge in [-0.2, -0.15) is 0 Å². The van der Waals surface area contributed by atoms with E-state index in [1.165, 1.54) is 12.0 Å². The number of hydrogen-bond acceptors (Lipinski definition) is 8. The molecule has 1 N–H and O–H groups in total. The second kappa shape index (κ2) is 10.5. The summed E-state index contributed by atoms with van der Waals surface area (Å²) in [6.07, 6.45) is 1.29. The Labute approximate surface area is 255 Å². The van der Waals surface area contributed by atoms with E-state index in [-0.39, 0.29) is 30.5 Å². The molecule has 4 aliphatic rings. The number of aromatic nitrogens is 2. The third-order valence-corrected chi connectivity index (χ3v) is 10.0. The highest BCUT2D eigenvalue weighted by Crippen LogP contribution is 2.65. The molecular weight excluding hydrogens is 574 g/mol. The minimum absolute atomic E-state index is 0.00569. The maximum absolute atomic E-state index is 15.4. The molecule has 1 saturated heterocycles. The van der Waals surface area contributed by atoms with E-state index in [2.05, 4.69) is 15.3 Å². The largest absolute Gasteiger partial charge is 0.497 e. The number of carbonyl (C=O) groups is 3. The van der Waals surface area contributed by atoms with Gasteiger partial charge in [-0.05, 0) is 43.7 Å². The number of fused-ring (bicyclic) bond motifs is 7. The van der Waals surface area contributed by atoms with Crippen molar-refractivity contribution in [3.05, 3.63) is 23.9 Å². The fraction of sp³-hybridized carbons (Fsp3) is 0.656. The van der Waals surface area contributed by atoms with Crippen LogP contribution in [0.4, 0.5) is 13.6 Å². The Morgan fingerprint density at radius 2 is 1.91 bits per heavy atom. The van der Waals surface area contributed by atoms with Gasteiger partial charge in [-0.15, -0.1) is 0 Å². The Morgan fingerprint density at radius 3 is 2.59 bits per heavy atom. The third-order valence-electron chi connectivity index (χ3n) is 10.0. The minimum atomic E-state index is -2.99. The summed E-state index contributed by atoms with van der Waals surface area (Å²) in [5, 5.41) is 2.76. The lowest BCUT2D eigenvalue weighted by Crippen LogP contribution is -2.56. The van der Waals surface area contributed by atoms with Crippen LogP contribution in [0.3, 0.4) is 0 Å². The molecule has 2 aliphatic heterocycles. The van der Waals surface area contributed by atoms with E-state index >= 15 is 8.78 Å². The van der Waals surface area contributed by atoms with Crippen molar-refractivity contribution in [2.45, 2.75) is 95.9 Å². The standard InChI is InChI=1S/C32H40F2N4O6/c1-16-22(15-39)38-14-23(16)43-27-25(35-20-11-10-18(42-6)12-21(20)36-27)24-19(32(24,33)34)9-7-8-17-13-31(17,5)44-29(41)37-26(28(38)40)30(2,3)4/h10-12,15-17,19,22-24,26H,7-9,13-14H2,1-6H3,(H,37,41)/t16-,17+,19?,22+,23-,24?,26+,31+/m0/s1. The maximum atomic E-state index is 15.4. The van der Waals surface area contributed by atoms with Gasteiger partial charge in [0, 0.05) is 23.8 Å². The van der Waals surface area contributed by atoms with Crippen molar-refractivity contribution < 1.29 is 37.4 Å². The van der Waals surface area contributed by atoms with Gasteiger partial charge in [-0.3, -0.25) is 4.79 Å². The van der Waals surface area contributed by atoms with Crippen molar-refractivity contribution in [1.82, 2.24) is 20.2 Å². The van der Waals surface area contributed by atoms with E-state index in [0.29, 0.717) is 42.3 Å². The molecule has 2 saturated carbocycles. The Kier molecular flexibility index (Phi) is 7.28. The molecule has 238 valence electrons. The number of alkyl halides is 2. The first-order valence-electron chi connectivity index (χ1n) is 15.3. The summed E-state index contributed by atoms with van der Waals surface area (Å²) in [4.78, 5) is 50.1. The van der Waals surface area contributed by atoms with Crippen molar-refractivity contribution in [1.29, 1.82) is 0 Å². The average molecular weight is 615 g/mol. The van der Waals surface area contributed by atoms with Crippen molar-refractivity contribution in [3.63, 3.8) is 0 Å². The maximum Gasteiger partial charge on any atom is 0.408 e. The molecule has 0 radical (unpaired) electrons. The van der Waals surface area contributed by atoms with Crippen LogP contribution >= 0.6 is 0 Å². The minimum Gasteiger partial charge on any atom is -0.497 e. The van der Waals surface area contributed by atoms with E-state index in [0.717, 1.165) is 0 Å². The molecule has 3 heterocycles. The van der Waals surface area contributed by atoms with Crippen LogP contribution in [0.2, 0.25) is 0 Å². The Morgan fingerprint density at radius 1 is 1.16 bits per heavy atom. The SMILES string of the molecule is COc1ccc2nc3c(nc2c1)O[C@H]1CN(C(=O)[C@H](C(C)(C)C)NC(=O)O[C@]2(C)C[C@H]2CCCC2C3C2(F)F)[C@H](C=O)[C@@H]1C. The molecule has 10 nitrogen and oxygen atoms in total. The summed E-state index contributed by atoms with van der Waals surface area (Å²) in [7, 11) is 1.52. The number of nitrogens with zero attached hydrogens (tertiary/aromatic N) is 3. The Hall–Kier alpha value is -3.57. The summed E-state index contributed by atoms with van der Waals surface area (Å²) in [5.74, 6) is -5.51. The number of aldehydes is 1. The van der Waals surface area contributed by atoms with Gasteiger partial charge in [0.15, 0.2) is 0 Å². The van der Waals surface area contributed by atoms with Crippen LogP contribution in [0.5, 0.6) is 11.6 Å². The van der Waals surface area contributed by atoms with Crippen LogP contribution in [0.1, 0.15) is 71.9 Å². The number of alkyl carbamates (subject to hydrolysis) is 1. The molecule has 2 amide bonds. The average Bonchev–Trinajstić information content (AvgIpc) is 3.71. The second-order valence-electron chi connectivity index (χ2n) is 14.1. The van der Waals surface area contributed by atoms with Gasteiger partial charge in [0.2, 0.25) is 11.8 Å². The molecule has 1 aromatic carbocycles. The summed E-state index contributed by atoms with van der Waals surface area (Å²) >= 11 is 0. The quantitative estimate of drug-likeness (QED) is 0.476. The zero-order valence-electron chi connectivity index (χ0n) is 25.9. The van der Waals surface area contributed by atoms with E-state index in [1.807, 2.05) is 27.7 Å². The Bertz CT molecular complexity index is 1500. The molecule has 44 heavy (non-hydrogen) atoms. The van der Waals surface area contributed by atoms with Gasteiger partial charge in [-0.25, -0.2) is 23.5 Å². The van der Waals surface area contributed by atoms with Crippen LogP contribution in [-0.2, 0) is 14.3 Å². The summed E-state index contributed by atoms with van der Waals surface area (Å²) < 4.78 is 48.3. The van der Waals surface area contributed by atoms with E-state index in [9.17, 15) is 14.4 Å². The van der Waals surface area contributed by atoms with Crippen LogP contribution < -0.4 is 14.8 Å². The third kappa shape index (κ3) is 5.23. The lowest BCUT2D eigenvalue weighted by atomic mass is 9.85. The van der Waals surface area contributed by atoms with Crippen molar-refractivity contribution in [2.24, 2.45) is 23.2 Å². The number of rotatable bonds is 2.